The predicted octanol–water partition coefficient (Wildman–Crippen LogP) is 0.0810. The molecule has 0 spiro atoms. The van der Waals surface area contributed by atoms with Gasteiger partial charge in [-0.3, -0.25) is 0 Å². The van der Waals surface area contributed by atoms with Crippen LogP contribution >= 0.6 is 0 Å². The number of allylic oxidation sites excluding steroid dienone is 1. The zero-order chi connectivity index (χ0) is 6.69. The summed E-state index contributed by atoms with van der Waals surface area (Å²) in [5.41, 5.74) is 0. The summed E-state index contributed by atoms with van der Waals surface area (Å²) in [6, 6.07) is 0. The SMILES string of the molecule is CCC([O-])=C1N=CC=N1. The molecule has 1 aliphatic rings. The van der Waals surface area contributed by atoms with Crippen molar-refractivity contribution in [2.75, 3.05) is 0 Å². The Hall–Kier alpha value is -1.12. The molecule has 1 heterocycles. The van der Waals surface area contributed by atoms with Gasteiger partial charge in [0.05, 0.1) is 0 Å². The number of aliphatic imine (C=N–C) groups is 2. The van der Waals surface area contributed by atoms with E-state index in [1.165, 1.54) is 12.4 Å². The average molecular weight is 123 g/mol. The van der Waals surface area contributed by atoms with Crippen LogP contribution in [0.15, 0.2) is 21.6 Å². The molecule has 0 N–H and O–H groups in total. The molecule has 0 aromatic rings. The standard InChI is InChI=1S/C6H8N2O/c1-2-5(9)6-7-3-4-8-6/h3-4,9H,2H2,1H3/p-1. The average Bonchev–Trinajstić information content (AvgIpc) is 2.37. The van der Waals surface area contributed by atoms with Gasteiger partial charge < -0.3 is 5.11 Å². The van der Waals surface area contributed by atoms with Crippen LogP contribution in [-0.2, 0) is 0 Å². The molecule has 0 radical (unpaired) electrons. The Morgan fingerprint density at radius 3 is 2.56 bits per heavy atom. The molecule has 0 aliphatic carbocycles. The molecule has 3 heteroatoms. The number of rotatable bonds is 1. The fraction of sp³-hybridized carbons (Fsp3) is 0.333. The molecular weight excluding hydrogens is 116 g/mol. The minimum atomic E-state index is 0.000000000000000444. The third kappa shape index (κ3) is 1.16. The lowest BCUT2D eigenvalue weighted by atomic mass is 10.4. The maximum absolute atomic E-state index is 10.7. The maximum Gasteiger partial charge on any atom is 0.139 e. The molecule has 0 unspecified atom stereocenters. The van der Waals surface area contributed by atoms with Crippen LogP contribution in [0.4, 0.5) is 0 Å². The Kier molecular flexibility index (Phi) is 1.63. The van der Waals surface area contributed by atoms with Crippen molar-refractivity contribution in [3.8, 4) is 0 Å². The van der Waals surface area contributed by atoms with Gasteiger partial charge in [0, 0.05) is 12.4 Å². The number of hydrogen-bond donors (Lipinski definition) is 0. The van der Waals surface area contributed by atoms with Gasteiger partial charge in [0.15, 0.2) is 0 Å². The molecule has 3 nitrogen and oxygen atoms in total. The summed E-state index contributed by atoms with van der Waals surface area (Å²) >= 11 is 0. The highest BCUT2D eigenvalue weighted by Gasteiger charge is 1.93. The van der Waals surface area contributed by atoms with Crippen molar-refractivity contribution in [3.63, 3.8) is 0 Å². The first-order chi connectivity index (χ1) is 4.34. The molecule has 0 bridgehead atoms. The minimum Gasteiger partial charge on any atom is -0.873 e. The highest BCUT2D eigenvalue weighted by atomic mass is 16.3. The summed E-state index contributed by atoms with van der Waals surface area (Å²) < 4.78 is 0. The van der Waals surface area contributed by atoms with Gasteiger partial charge in [0.2, 0.25) is 0 Å². The molecule has 0 fully saturated rings. The smallest absolute Gasteiger partial charge is 0.139 e. The van der Waals surface area contributed by atoms with Gasteiger partial charge in [-0.2, -0.15) is 0 Å². The topological polar surface area (TPSA) is 47.8 Å². The maximum atomic E-state index is 10.7. The molecule has 0 aromatic heterocycles. The van der Waals surface area contributed by atoms with Crippen LogP contribution in [0.2, 0.25) is 0 Å². The van der Waals surface area contributed by atoms with E-state index in [4.69, 9.17) is 0 Å². The van der Waals surface area contributed by atoms with Crippen molar-refractivity contribution in [1.29, 1.82) is 0 Å². The van der Waals surface area contributed by atoms with E-state index in [1.807, 2.05) is 0 Å². The van der Waals surface area contributed by atoms with Gasteiger partial charge in [-0.15, -0.1) is 0 Å². The Labute approximate surface area is 53.5 Å². The lowest BCUT2D eigenvalue weighted by molar-refractivity contribution is -0.307. The Morgan fingerprint density at radius 1 is 1.56 bits per heavy atom. The molecule has 1 aliphatic heterocycles. The molecular formula is C6H7N2O-. The van der Waals surface area contributed by atoms with Crippen LogP contribution in [0.3, 0.4) is 0 Å². The van der Waals surface area contributed by atoms with Crippen LogP contribution in [-0.4, -0.2) is 12.4 Å². The zero-order valence-electron chi connectivity index (χ0n) is 5.16. The van der Waals surface area contributed by atoms with Gasteiger partial charge in [-0.25, -0.2) is 9.98 Å². The summed E-state index contributed by atoms with van der Waals surface area (Å²) in [5.74, 6) is 0.331. The van der Waals surface area contributed by atoms with Gasteiger partial charge >= 0.3 is 0 Å². The first-order valence-corrected chi connectivity index (χ1v) is 2.81. The van der Waals surface area contributed by atoms with E-state index in [0.717, 1.165) is 0 Å². The molecule has 0 saturated carbocycles. The molecule has 0 atom stereocenters. The number of nitrogens with zero attached hydrogens (tertiary/aromatic N) is 2. The van der Waals surface area contributed by atoms with Crippen molar-refractivity contribution < 1.29 is 5.11 Å². The van der Waals surface area contributed by atoms with E-state index in [1.54, 1.807) is 6.92 Å². The van der Waals surface area contributed by atoms with E-state index in [-0.39, 0.29) is 5.76 Å². The third-order valence-corrected chi connectivity index (χ3v) is 1.03. The van der Waals surface area contributed by atoms with Crippen LogP contribution in [0.5, 0.6) is 0 Å². The Balaban J connectivity index is 2.81. The van der Waals surface area contributed by atoms with E-state index in [0.29, 0.717) is 12.2 Å². The van der Waals surface area contributed by atoms with E-state index < -0.39 is 0 Å². The van der Waals surface area contributed by atoms with Gasteiger partial charge in [-0.1, -0.05) is 12.7 Å². The Morgan fingerprint density at radius 2 is 2.11 bits per heavy atom. The Bertz CT molecular complexity index is 177. The van der Waals surface area contributed by atoms with Crippen LogP contribution in [0, 0.1) is 0 Å². The van der Waals surface area contributed by atoms with Crippen molar-refractivity contribution in [1.82, 2.24) is 0 Å². The van der Waals surface area contributed by atoms with E-state index >= 15 is 0 Å². The monoisotopic (exact) mass is 123 g/mol. The predicted molar refractivity (Wildman–Crippen MR) is 34.3 cm³/mol. The molecule has 9 heavy (non-hydrogen) atoms. The molecule has 0 aromatic carbocycles. The van der Waals surface area contributed by atoms with Crippen molar-refractivity contribution in [2.24, 2.45) is 9.98 Å². The van der Waals surface area contributed by atoms with Crippen LogP contribution < -0.4 is 5.11 Å². The fourth-order valence-electron chi connectivity index (χ4n) is 0.543. The molecule has 1 rings (SSSR count). The van der Waals surface area contributed by atoms with Crippen LogP contribution in [0.1, 0.15) is 13.3 Å². The fourth-order valence-corrected chi connectivity index (χ4v) is 0.543. The van der Waals surface area contributed by atoms with Crippen LogP contribution in [0.25, 0.3) is 0 Å². The largest absolute Gasteiger partial charge is 0.873 e. The summed E-state index contributed by atoms with van der Waals surface area (Å²) in [7, 11) is 0. The molecule has 48 valence electrons. The van der Waals surface area contributed by atoms with Crippen molar-refractivity contribution in [3.05, 3.63) is 11.6 Å². The zero-order valence-corrected chi connectivity index (χ0v) is 5.16. The van der Waals surface area contributed by atoms with E-state index in [9.17, 15) is 5.11 Å². The van der Waals surface area contributed by atoms with Gasteiger partial charge in [0.1, 0.15) is 5.82 Å². The second-order valence-corrected chi connectivity index (χ2v) is 1.66. The second-order valence-electron chi connectivity index (χ2n) is 1.66. The quantitative estimate of drug-likeness (QED) is 0.455. The second kappa shape index (κ2) is 2.44. The summed E-state index contributed by atoms with van der Waals surface area (Å²) in [5, 5.41) is 10.7. The minimum absolute atomic E-state index is 0.000000000000000444. The van der Waals surface area contributed by atoms with Crippen molar-refractivity contribution in [2.45, 2.75) is 13.3 Å². The summed E-state index contributed by atoms with van der Waals surface area (Å²) in [4.78, 5) is 7.45. The molecule has 0 saturated heterocycles. The first kappa shape index (κ1) is 6.01. The first-order valence-electron chi connectivity index (χ1n) is 2.81. The number of hydrogen-bond acceptors (Lipinski definition) is 3. The third-order valence-electron chi connectivity index (χ3n) is 1.03. The van der Waals surface area contributed by atoms with E-state index in [2.05, 4.69) is 9.98 Å². The summed E-state index contributed by atoms with van der Waals surface area (Å²) in [6.45, 7) is 1.79. The lowest BCUT2D eigenvalue weighted by Crippen LogP contribution is -2.03. The van der Waals surface area contributed by atoms with Crippen molar-refractivity contribution >= 4 is 12.4 Å². The van der Waals surface area contributed by atoms with Gasteiger partial charge in [0.25, 0.3) is 0 Å². The molecule has 0 amide bonds. The highest BCUT2D eigenvalue weighted by Crippen LogP contribution is 2.06. The highest BCUT2D eigenvalue weighted by molar-refractivity contribution is 6.18. The lowest BCUT2D eigenvalue weighted by Gasteiger charge is -2.07. The normalized spacial score (nSPS) is 15.0. The van der Waals surface area contributed by atoms with Gasteiger partial charge in [-0.05, 0) is 6.42 Å². The summed E-state index contributed by atoms with van der Waals surface area (Å²) in [6.07, 6.45) is 3.51.